The molecule has 7 heteroatoms. The third-order valence-corrected chi connectivity index (χ3v) is 3.81. The van der Waals surface area contributed by atoms with E-state index in [2.05, 4.69) is 10.6 Å². The number of rotatable bonds is 6. The van der Waals surface area contributed by atoms with Crippen LogP contribution in [0, 0.1) is 0 Å². The fourth-order valence-corrected chi connectivity index (χ4v) is 2.17. The van der Waals surface area contributed by atoms with Crippen LogP contribution >= 0.6 is 12.2 Å². The van der Waals surface area contributed by atoms with Gasteiger partial charge in [0.25, 0.3) is 0 Å². The van der Waals surface area contributed by atoms with Crippen molar-refractivity contribution in [2.75, 3.05) is 26.5 Å². The Morgan fingerprint density at radius 3 is 2.42 bits per heavy atom. The van der Waals surface area contributed by atoms with E-state index in [1.165, 1.54) is 6.26 Å². The molecule has 0 aliphatic heterocycles. The standard InChI is InChI=1S/C12H18N2O3S2/c1-17-8-7-13-12(18)14-9-10-3-5-11(6-4-10)19(2,15)16/h3-6H,7-9H2,1-2H3,(H2,13,14,18). The van der Waals surface area contributed by atoms with Crippen molar-refractivity contribution in [3.8, 4) is 0 Å². The van der Waals surface area contributed by atoms with E-state index in [0.717, 1.165) is 5.56 Å². The number of hydrogen-bond donors (Lipinski definition) is 2. The molecule has 0 aliphatic rings. The van der Waals surface area contributed by atoms with E-state index in [1.807, 2.05) is 0 Å². The van der Waals surface area contributed by atoms with Crippen LogP contribution in [-0.4, -0.2) is 40.0 Å². The zero-order valence-electron chi connectivity index (χ0n) is 11.0. The maximum absolute atomic E-state index is 11.3. The Morgan fingerprint density at radius 1 is 1.26 bits per heavy atom. The first kappa shape index (κ1) is 15.9. The Morgan fingerprint density at radius 2 is 1.89 bits per heavy atom. The third-order valence-electron chi connectivity index (χ3n) is 2.40. The van der Waals surface area contributed by atoms with E-state index in [9.17, 15) is 8.42 Å². The highest BCUT2D eigenvalue weighted by molar-refractivity contribution is 7.90. The molecule has 106 valence electrons. The molecule has 0 radical (unpaired) electrons. The van der Waals surface area contributed by atoms with E-state index in [0.29, 0.717) is 29.7 Å². The van der Waals surface area contributed by atoms with Gasteiger partial charge in [-0.1, -0.05) is 12.1 Å². The van der Waals surface area contributed by atoms with Crippen molar-refractivity contribution in [2.24, 2.45) is 0 Å². The van der Waals surface area contributed by atoms with Crippen LogP contribution in [0.3, 0.4) is 0 Å². The van der Waals surface area contributed by atoms with Crippen LogP contribution in [-0.2, 0) is 21.1 Å². The molecule has 1 aromatic rings. The molecular weight excluding hydrogens is 284 g/mol. The summed E-state index contributed by atoms with van der Waals surface area (Å²) in [5.74, 6) is 0. The van der Waals surface area contributed by atoms with E-state index < -0.39 is 9.84 Å². The summed E-state index contributed by atoms with van der Waals surface area (Å²) in [5, 5.41) is 6.57. The van der Waals surface area contributed by atoms with E-state index in [1.54, 1.807) is 31.4 Å². The predicted molar refractivity (Wildman–Crippen MR) is 78.9 cm³/mol. The minimum Gasteiger partial charge on any atom is -0.383 e. The van der Waals surface area contributed by atoms with Crippen LogP contribution in [0.25, 0.3) is 0 Å². The Hall–Kier alpha value is -1.18. The Kier molecular flexibility index (Phi) is 6.20. The van der Waals surface area contributed by atoms with Crippen LogP contribution < -0.4 is 10.6 Å². The fourth-order valence-electron chi connectivity index (χ4n) is 1.37. The van der Waals surface area contributed by atoms with Gasteiger partial charge in [0.1, 0.15) is 0 Å². The molecule has 1 rings (SSSR count). The fraction of sp³-hybridized carbons (Fsp3) is 0.417. The zero-order valence-corrected chi connectivity index (χ0v) is 12.6. The van der Waals surface area contributed by atoms with Crippen molar-refractivity contribution < 1.29 is 13.2 Å². The van der Waals surface area contributed by atoms with Crippen molar-refractivity contribution in [1.29, 1.82) is 0 Å². The lowest BCUT2D eigenvalue weighted by Gasteiger charge is -2.10. The summed E-state index contributed by atoms with van der Waals surface area (Å²) >= 11 is 5.08. The Balaban J connectivity index is 2.44. The maximum Gasteiger partial charge on any atom is 0.175 e. The molecule has 5 nitrogen and oxygen atoms in total. The quantitative estimate of drug-likeness (QED) is 0.596. The lowest BCUT2D eigenvalue weighted by atomic mass is 10.2. The molecule has 0 aromatic heterocycles. The molecule has 0 spiro atoms. The van der Waals surface area contributed by atoms with Crippen molar-refractivity contribution in [3.05, 3.63) is 29.8 Å². The molecule has 0 atom stereocenters. The van der Waals surface area contributed by atoms with Crippen LogP contribution in [0.2, 0.25) is 0 Å². The average molecular weight is 302 g/mol. The highest BCUT2D eigenvalue weighted by atomic mass is 32.2. The van der Waals surface area contributed by atoms with Crippen molar-refractivity contribution in [1.82, 2.24) is 10.6 Å². The molecule has 2 N–H and O–H groups in total. The van der Waals surface area contributed by atoms with Gasteiger partial charge >= 0.3 is 0 Å². The van der Waals surface area contributed by atoms with Gasteiger partial charge in [-0.2, -0.15) is 0 Å². The summed E-state index contributed by atoms with van der Waals surface area (Å²) in [4.78, 5) is 0.317. The van der Waals surface area contributed by atoms with Crippen LogP contribution in [0.4, 0.5) is 0 Å². The molecule has 0 amide bonds. The number of thiocarbonyl (C=S) groups is 1. The molecule has 1 aromatic carbocycles. The van der Waals surface area contributed by atoms with Gasteiger partial charge in [-0.25, -0.2) is 8.42 Å². The number of methoxy groups -OCH3 is 1. The predicted octanol–water partition coefficient (Wildman–Crippen LogP) is 0.701. The second-order valence-corrected chi connectivity index (χ2v) is 6.44. The summed E-state index contributed by atoms with van der Waals surface area (Å²) in [6.07, 6.45) is 1.19. The normalized spacial score (nSPS) is 11.1. The van der Waals surface area contributed by atoms with Gasteiger partial charge in [0.05, 0.1) is 11.5 Å². The van der Waals surface area contributed by atoms with Crippen molar-refractivity contribution in [2.45, 2.75) is 11.4 Å². The molecule has 0 unspecified atom stereocenters. The molecule has 0 bridgehead atoms. The first-order valence-electron chi connectivity index (χ1n) is 5.73. The Bertz CT molecular complexity index is 512. The summed E-state index contributed by atoms with van der Waals surface area (Å²) in [6, 6.07) is 6.71. The lowest BCUT2D eigenvalue weighted by Crippen LogP contribution is -2.36. The average Bonchev–Trinajstić information content (AvgIpc) is 2.36. The van der Waals surface area contributed by atoms with E-state index >= 15 is 0 Å². The molecule has 0 heterocycles. The summed E-state index contributed by atoms with van der Waals surface area (Å²) in [5.41, 5.74) is 0.961. The lowest BCUT2D eigenvalue weighted by molar-refractivity contribution is 0.204. The molecule has 19 heavy (non-hydrogen) atoms. The second-order valence-electron chi connectivity index (χ2n) is 4.02. The molecule has 0 fully saturated rings. The van der Waals surface area contributed by atoms with Gasteiger partial charge < -0.3 is 15.4 Å². The first-order valence-corrected chi connectivity index (χ1v) is 8.03. The summed E-state index contributed by atoms with van der Waals surface area (Å²) in [6.45, 7) is 1.78. The van der Waals surface area contributed by atoms with Gasteiger partial charge in [0, 0.05) is 26.5 Å². The number of nitrogens with one attached hydrogen (secondary N) is 2. The topological polar surface area (TPSA) is 67.4 Å². The zero-order chi connectivity index (χ0) is 14.3. The van der Waals surface area contributed by atoms with Gasteiger partial charge in [0.2, 0.25) is 0 Å². The number of sulfone groups is 1. The number of hydrogen-bond acceptors (Lipinski definition) is 4. The molecular formula is C12H18N2O3S2. The minimum atomic E-state index is -3.14. The van der Waals surface area contributed by atoms with Crippen molar-refractivity contribution >= 4 is 27.2 Å². The largest absolute Gasteiger partial charge is 0.383 e. The smallest absolute Gasteiger partial charge is 0.175 e. The summed E-state index contributed by atoms with van der Waals surface area (Å²) < 4.78 is 27.5. The van der Waals surface area contributed by atoms with Crippen LogP contribution in [0.15, 0.2) is 29.2 Å². The van der Waals surface area contributed by atoms with Gasteiger partial charge in [-0.05, 0) is 29.9 Å². The van der Waals surface area contributed by atoms with Gasteiger partial charge in [-0.15, -0.1) is 0 Å². The highest BCUT2D eigenvalue weighted by Crippen LogP contribution is 2.09. The minimum absolute atomic E-state index is 0.317. The SMILES string of the molecule is COCCNC(=S)NCc1ccc(S(C)(=O)=O)cc1. The maximum atomic E-state index is 11.3. The van der Waals surface area contributed by atoms with E-state index in [-0.39, 0.29) is 0 Å². The van der Waals surface area contributed by atoms with Crippen LogP contribution in [0.5, 0.6) is 0 Å². The van der Waals surface area contributed by atoms with Crippen molar-refractivity contribution in [3.63, 3.8) is 0 Å². The molecule has 0 saturated heterocycles. The van der Waals surface area contributed by atoms with E-state index in [4.69, 9.17) is 17.0 Å². The Labute approximate surface area is 119 Å². The second kappa shape index (κ2) is 7.42. The molecule has 0 aliphatic carbocycles. The highest BCUT2D eigenvalue weighted by Gasteiger charge is 2.05. The van der Waals surface area contributed by atoms with Gasteiger partial charge in [0.15, 0.2) is 14.9 Å². The third kappa shape index (κ3) is 6.00. The first-order chi connectivity index (χ1) is 8.93. The monoisotopic (exact) mass is 302 g/mol. The summed E-state index contributed by atoms with van der Waals surface area (Å²) in [7, 11) is -1.51. The number of ether oxygens (including phenoxy) is 1. The molecule has 0 saturated carbocycles. The van der Waals surface area contributed by atoms with Crippen LogP contribution in [0.1, 0.15) is 5.56 Å². The number of benzene rings is 1. The van der Waals surface area contributed by atoms with Gasteiger partial charge in [-0.3, -0.25) is 0 Å².